The van der Waals surface area contributed by atoms with Gasteiger partial charge < -0.3 is 5.32 Å². The SMILES string of the molecule is CC1CC(C)(C)CC1N[C@@H](C)c1cccc(Br)c1. The second kappa shape index (κ2) is 5.34. The first-order valence-electron chi connectivity index (χ1n) is 6.89. The molecule has 3 atom stereocenters. The Morgan fingerprint density at radius 3 is 2.61 bits per heavy atom. The van der Waals surface area contributed by atoms with Crippen molar-refractivity contribution in [3.8, 4) is 0 Å². The van der Waals surface area contributed by atoms with Crippen molar-refractivity contribution in [2.45, 2.75) is 52.6 Å². The van der Waals surface area contributed by atoms with E-state index in [0.29, 0.717) is 17.5 Å². The summed E-state index contributed by atoms with van der Waals surface area (Å²) in [5.74, 6) is 0.773. The minimum Gasteiger partial charge on any atom is -0.307 e. The Morgan fingerprint density at radius 2 is 2.06 bits per heavy atom. The molecule has 0 heterocycles. The molecule has 0 saturated heterocycles. The van der Waals surface area contributed by atoms with Gasteiger partial charge in [0, 0.05) is 16.6 Å². The van der Waals surface area contributed by atoms with E-state index in [1.54, 1.807) is 0 Å². The summed E-state index contributed by atoms with van der Waals surface area (Å²) in [7, 11) is 0. The van der Waals surface area contributed by atoms with Gasteiger partial charge in [0.1, 0.15) is 0 Å². The van der Waals surface area contributed by atoms with Gasteiger partial charge in [-0.3, -0.25) is 0 Å². The Labute approximate surface area is 119 Å². The first-order chi connectivity index (χ1) is 8.37. The largest absolute Gasteiger partial charge is 0.307 e. The summed E-state index contributed by atoms with van der Waals surface area (Å²) in [5.41, 5.74) is 1.86. The molecule has 2 unspecified atom stereocenters. The Hall–Kier alpha value is -0.340. The molecule has 1 N–H and O–H groups in total. The third-order valence-corrected chi connectivity index (χ3v) is 4.64. The van der Waals surface area contributed by atoms with E-state index in [4.69, 9.17) is 0 Å². The highest BCUT2D eigenvalue weighted by Gasteiger charge is 2.36. The van der Waals surface area contributed by atoms with Gasteiger partial charge in [-0.25, -0.2) is 0 Å². The molecule has 0 aromatic heterocycles. The lowest BCUT2D eigenvalue weighted by atomic mass is 9.91. The van der Waals surface area contributed by atoms with Gasteiger partial charge >= 0.3 is 0 Å². The zero-order valence-electron chi connectivity index (χ0n) is 11.8. The van der Waals surface area contributed by atoms with Gasteiger partial charge in [0.05, 0.1) is 0 Å². The third-order valence-electron chi connectivity index (χ3n) is 4.15. The summed E-state index contributed by atoms with van der Waals surface area (Å²) in [6.45, 7) is 9.41. The van der Waals surface area contributed by atoms with Crippen LogP contribution in [0.15, 0.2) is 28.7 Å². The lowest BCUT2D eigenvalue weighted by Crippen LogP contribution is -2.33. The number of benzene rings is 1. The predicted octanol–water partition coefficient (Wildman–Crippen LogP) is 4.92. The summed E-state index contributed by atoms with van der Waals surface area (Å²) in [4.78, 5) is 0. The highest BCUT2D eigenvalue weighted by molar-refractivity contribution is 9.10. The lowest BCUT2D eigenvalue weighted by molar-refractivity contribution is 0.356. The number of nitrogens with one attached hydrogen (secondary N) is 1. The molecule has 100 valence electrons. The highest BCUT2D eigenvalue weighted by Crippen LogP contribution is 2.41. The second-order valence-electron chi connectivity index (χ2n) is 6.60. The molecule has 18 heavy (non-hydrogen) atoms. The summed E-state index contributed by atoms with van der Waals surface area (Å²) in [6.07, 6.45) is 2.61. The first-order valence-corrected chi connectivity index (χ1v) is 7.68. The fraction of sp³-hybridized carbons (Fsp3) is 0.625. The molecule has 0 radical (unpaired) electrons. The van der Waals surface area contributed by atoms with E-state index >= 15 is 0 Å². The fourth-order valence-corrected chi connectivity index (χ4v) is 3.73. The van der Waals surface area contributed by atoms with Crippen LogP contribution < -0.4 is 5.32 Å². The number of hydrogen-bond acceptors (Lipinski definition) is 1. The topological polar surface area (TPSA) is 12.0 Å². The maximum absolute atomic E-state index is 3.81. The van der Waals surface area contributed by atoms with Crippen molar-refractivity contribution in [3.63, 3.8) is 0 Å². The van der Waals surface area contributed by atoms with Crippen molar-refractivity contribution in [1.82, 2.24) is 5.32 Å². The molecule has 1 fully saturated rings. The summed E-state index contributed by atoms with van der Waals surface area (Å²) >= 11 is 3.55. The average Bonchev–Trinajstić information content (AvgIpc) is 2.51. The van der Waals surface area contributed by atoms with Crippen LogP contribution >= 0.6 is 15.9 Å². The van der Waals surface area contributed by atoms with Crippen LogP contribution in [0.3, 0.4) is 0 Å². The van der Waals surface area contributed by atoms with Gasteiger partial charge in [-0.15, -0.1) is 0 Å². The van der Waals surface area contributed by atoms with Crippen LogP contribution in [0.4, 0.5) is 0 Å². The van der Waals surface area contributed by atoms with Crippen molar-refractivity contribution in [3.05, 3.63) is 34.3 Å². The molecule has 2 rings (SSSR count). The molecule has 0 spiro atoms. The quantitative estimate of drug-likeness (QED) is 0.835. The van der Waals surface area contributed by atoms with E-state index in [0.717, 1.165) is 10.4 Å². The minimum atomic E-state index is 0.420. The van der Waals surface area contributed by atoms with Crippen LogP contribution in [0.2, 0.25) is 0 Å². The summed E-state index contributed by atoms with van der Waals surface area (Å²) in [6, 6.07) is 9.67. The van der Waals surface area contributed by atoms with Crippen molar-refractivity contribution >= 4 is 15.9 Å². The molecule has 0 bridgehead atoms. The molecule has 2 heteroatoms. The van der Waals surface area contributed by atoms with E-state index in [-0.39, 0.29) is 0 Å². The van der Waals surface area contributed by atoms with Crippen LogP contribution in [0.25, 0.3) is 0 Å². The second-order valence-corrected chi connectivity index (χ2v) is 7.52. The molecule has 1 aliphatic carbocycles. The average molecular weight is 310 g/mol. The Balaban J connectivity index is 2.02. The standard InChI is InChI=1S/C16H24BrN/c1-11-9-16(3,4)10-15(11)18-12(2)13-6-5-7-14(17)8-13/h5-8,11-12,15,18H,9-10H2,1-4H3/t11?,12-,15?/m0/s1. The normalized spacial score (nSPS) is 28.3. The molecular formula is C16H24BrN. The monoisotopic (exact) mass is 309 g/mol. The predicted molar refractivity (Wildman–Crippen MR) is 81.7 cm³/mol. The summed E-state index contributed by atoms with van der Waals surface area (Å²) < 4.78 is 1.16. The smallest absolute Gasteiger partial charge is 0.0294 e. The van der Waals surface area contributed by atoms with E-state index < -0.39 is 0 Å². The maximum atomic E-state index is 3.81. The maximum Gasteiger partial charge on any atom is 0.0294 e. The van der Waals surface area contributed by atoms with Crippen molar-refractivity contribution < 1.29 is 0 Å². The lowest BCUT2D eigenvalue weighted by Gasteiger charge is -2.24. The van der Waals surface area contributed by atoms with E-state index in [1.165, 1.54) is 18.4 Å². The fourth-order valence-electron chi connectivity index (χ4n) is 3.31. The highest BCUT2D eigenvalue weighted by atomic mass is 79.9. The molecule has 1 aromatic carbocycles. The number of hydrogen-bond donors (Lipinski definition) is 1. The number of halogens is 1. The zero-order valence-corrected chi connectivity index (χ0v) is 13.4. The van der Waals surface area contributed by atoms with Crippen LogP contribution in [-0.2, 0) is 0 Å². The molecule has 1 aromatic rings. The Bertz CT molecular complexity index is 413. The van der Waals surface area contributed by atoms with E-state index in [1.807, 2.05) is 0 Å². The number of rotatable bonds is 3. The molecule has 1 aliphatic rings. The van der Waals surface area contributed by atoms with Crippen molar-refractivity contribution in [2.75, 3.05) is 0 Å². The molecule has 1 saturated carbocycles. The van der Waals surface area contributed by atoms with E-state index in [9.17, 15) is 0 Å². The van der Waals surface area contributed by atoms with Crippen LogP contribution in [0.5, 0.6) is 0 Å². The van der Waals surface area contributed by atoms with Crippen LogP contribution in [0.1, 0.15) is 52.1 Å². The zero-order chi connectivity index (χ0) is 13.3. The van der Waals surface area contributed by atoms with Gasteiger partial charge in [-0.1, -0.05) is 48.8 Å². The molecular weight excluding hydrogens is 286 g/mol. The van der Waals surface area contributed by atoms with E-state index in [2.05, 4.69) is 73.2 Å². The molecule has 0 amide bonds. The Morgan fingerprint density at radius 1 is 1.33 bits per heavy atom. The van der Waals surface area contributed by atoms with Gasteiger partial charge in [-0.05, 0) is 48.8 Å². The first kappa shape index (κ1) is 14.1. The summed E-state index contributed by atoms with van der Waals surface area (Å²) in [5, 5.41) is 3.81. The van der Waals surface area contributed by atoms with Gasteiger partial charge in [0.25, 0.3) is 0 Å². The Kier molecular flexibility index (Phi) is 4.18. The third kappa shape index (κ3) is 3.36. The molecule has 0 aliphatic heterocycles. The van der Waals surface area contributed by atoms with Gasteiger partial charge in [0.2, 0.25) is 0 Å². The van der Waals surface area contributed by atoms with Gasteiger partial charge in [-0.2, -0.15) is 0 Å². The van der Waals surface area contributed by atoms with Crippen molar-refractivity contribution in [1.29, 1.82) is 0 Å². The van der Waals surface area contributed by atoms with Crippen LogP contribution in [0, 0.1) is 11.3 Å². The minimum absolute atomic E-state index is 0.420. The van der Waals surface area contributed by atoms with Gasteiger partial charge in [0.15, 0.2) is 0 Å². The van der Waals surface area contributed by atoms with Crippen molar-refractivity contribution in [2.24, 2.45) is 11.3 Å². The van der Waals surface area contributed by atoms with Crippen LogP contribution in [-0.4, -0.2) is 6.04 Å². The molecule has 1 nitrogen and oxygen atoms in total.